The Kier molecular flexibility index (Phi) is 4.78. The highest BCUT2D eigenvalue weighted by Gasteiger charge is 2.08. The van der Waals surface area contributed by atoms with Gasteiger partial charge in [-0.25, -0.2) is 0 Å². The van der Waals surface area contributed by atoms with Gasteiger partial charge < -0.3 is 0 Å². The van der Waals surface area contributed by atoms with Crippen LogP contribution in [0.25, 0.3) is 0 Å². The van der Waals surface area contributed by atoms with E-state index < -0.39 is 8.03 Å². The molecule has 0 aromatic carbocycles. The molecule has 3 heteroatoms. The fourth-order valence-corrected chi connectivity index (χ4v) is 0.638. The van der Waals surface area contributed by atoms with E-state index in [9.17, 15) is 4.57 Å². The van der Waals surface area contributed by atoms with Crippen LogP contribution >= 0.6 is 8.03 Å². The lowest BCUT2D eigenvalue weighted by molar-refractivity contribution is 0.384. The first kappa shape index (κ1) is 8.14. The molecule has 0 aliphatic rings. The van der Waals surface area contributed by atoms with Crippen molar-refractivity contribution in [3.8, 4) is 12.3 Å². The monoisotopic (exact) mass is 141 g/mol. The van der Waals surface area contributed by atoms with Gasteiger partial charge in [0.15, 0.2) is 6.61 Å². The quantitative estimate of drug-likeness (QED) is 0.339. The summed E-state index contributed by atoms with van der Waals surface area (Å²) in [6.45, 7) is 3.28. The summed E-state index contributed by atoms with van der Waals surface area (Å²) in [7, 11) is -1.78. The molecular formula is C6H6O2P+. The maximum atomic E-state index is 10.5. The maximum absolute atomic E-state index is 10.5. The Morgan fingerprint density at radius 2 is 2.56 bits per heavy atom. The molecule has 0 aromatic heterocycles. The van der Waals surface area contributed by atoms with E-state index in [1.54, 1.807) is 0 Å². The fraction of sp³-hybridized carbons (Fsp3) is 0.167. The molecule has 1 atom stereocenters. The summed E-state index contributed by atoms with van der Waals surface area (Å²) in [6, 6.07) is 0. The van der Waals surface area contributed by atoms with E-state index in [0.29, 0.717) is 0 Å². The van der Waals surface area contributed by atoms with Crippen molar-refractivity contribution < 1.29 is 9.09 Å². The number of hydrogen-bond donors (Lipinski definition) is 0. The highest BCUT2D eigenvalue weighted by atomic mass is 31.1. The summed E-state index contributed by atoms with van der Waals surface area (Å²) < 4.78 is 15.0. The van der Waals surface area contributed by atoms with Crippen LogP contribution in [0.3, 0.4) is 0 Å². The van der Waals surface area contributed by atoms with Crippen LogP contribution in [-0.4, -0.2) is 6.61 Å². The molecule has 0 aromatic rings. The molecule has 0 radical (unpaired) electrons. The van der Waals surface area contributed by atoms with Crippen molar-refractivity contribution >= 4 is 8.03 Å². The second kappa shape index (κ2) is 5.28. The van der Waals surface area contributed by atoms with Crippen LogP contribution < -0.4 is 0 Å². The van der Waals surface area contributed by atoms with Crippen molar-refractivity contribution in [1.82, 2.24) is 0 Å². The Hall–Kier alpha value is -0.860. The third kappa shape index (κ3) is 5.00. The van der Waals surface area contributed by atoms with Gasteiger partial charge in [-0.3, -0.25) is 0 Å². The van der Waals surface area contributed by atoms with Crippen molar-refractivity contribution in [2.24, 2.45) is 0 Å². The lowest BCUT2D eigenvalue weighted by Gasteiger charge is -1.72. The van der Waals surface area contributed by atoms with Gasteiger partial charge in [0.1, 0.15) is 0 Å². The number of rotatable bonds is 3. The van der Waals surface area contributed by atoms with Crippen LogP contribution in [0.1, 0.15) is 0 Å². The first-order valence-corrected chi connectivity index (χ1v) is 3.44. The maximum Gasteiger partial charge on any atom is 0.550 e. The second-order valence-corrected chi connectivity index (χ2v) is 2.18. The van der Waals surface area contributed by atoms with Crippen LogP contribution in [0, 0.1) is 12.3 Å². The topological polar surface area (TPSA) is 26.3 Å². The fourth-order valence-electron chi connectivity index (χ4n) is 0.213. The van der Waals surface area contributed by atoms with E-state index in [-0.39, 0.29) is 6.61 Å². The normalized spacial score (nSPS) is 9.00. The molecule has 0 heterocycles. The third-order valence-corrected chi connectivity index (χ3v) is 1.25. The van der Waals surface area contributed by atoms with Crippen LogP contribution in [0.2, 0.25) is 0 Å². The van der Waals surface area contributed by atoms with Gasteiger partial charge in [-0.15, -0.1) is 10.9 Å². The summed E-state index contributed by atoms with van der Waals surface area (Å²) in [6.07, 6.45) is 4.82. The molecule has 0 rings (SSSR count). The van der Waals surface area contributed by atoms with Gasteiger partial charge in [-0.05, 0) is 4.57 Å². The molecule has 9 heavy (non-hydrogen) atoms. The SMILES string of the molecule is C#CCO[P+](=O)C=C=C. The molecule has 0 bridgehead atoms. The van der Waals surface area contributed by atoms with Crippen LogP contribution in [0.15, 0.2) is 18.1 Å². The van der Waals surface area contributed by atoms with E-state index >= 15 is 0 Å². The van der Waals surface area contributed by atoms with Crippen LogP contribution in [0.5, 0.6) is 0 Å². The Labute approximate surface area is 55.1 Å². The van der Waals surface area contributed by atoms with Crippen molar-refractivity contribution in [1.29, 1.82) is 0 Å². The van der Waals surface area contributed by atoms with Gasteiger partial charge in [-0.1, -0.05) is 18.2 Å². The third-order valence-electron chi connectivity index (χ3n) is 0.472. The molecule has 2 nitrogen and oxygen atoms in total. The average molecular weight is 141 g/mol. The van der Waals surface area contributed by atoms with E-state index in [2.05, 4.69) is 22.8 Å². The number of hydrogen-bond acceptors (Lipinski definition) is 2. The minimum absolute atomic E-state index is 0.0629. The van der Waals surface area contributed by atoms with Gasteiger partial charge >= 0.3 is 8.03 Å². The van der Waals surface area contributed by atoms with E-state index in [0.717, 1.165) is 0 Å². The Morgan fingerprint density at radius 1 is 1.89 bits per heavy atom. The highest BCUT2D eigenvalue weighted by molar-refractivity contribution is 7.42. The van der Waals surface area contributed by atoms with Gasteiger partial charge in [0.25, 0.3) is 0 Å². The highest BCUT2D eigenvalue weighted by Crippen LogP contribution is 2.21. The zero-order valence-corrected chi connectivity index (χ0v) is 5.73. The summed E-state index contributed by atoms with van der Waals surface area (Å²) in [5.74, 6) is 3.41. The smallest absolute Gasteiger partial charge is 0.129 e. The van der Waals surface area contributed by atoms with E-state index in [1.165, 1.54) is 5.82 Å². The van der Waals surface area contributed by atoms with Gasteiger partial charge in [-0.2, -0.15) is 0 Å². The molecule has 0 saturated carbocycles. The van der Waals surface area contributed by atoms with Gasteiger partial charge in [0, 0.05) is 0 Å². The zero-order valence-electron chi connectivity index (χ0n) is 4.83. The molecule has 0 aliphatic heterocycles. The summed E-state index contributed by atoms with van der Waals surface area (Å²) in [5, 5.41) is 0. The van der Waals surface area contributed by atoms with Gasteiger partial charge in [0.05, 0.1) is 0 Å². The molecule has 0 spiro atoms. The number of terminal acetylenes is 1. The minimum Gasteiger partial charge on any atom is -0.129 e. The lowest BCUT2D eigenvalue weighted by atomic mass is 10.8. The van der Waals surface area contributed by atoms with E-state index in [4.69, 9.17) is 6.42 Å². The second-order valence-electron chi connectivity index (χ2n) is 1.10. The minimum atomic E-state index is -1.78. The molecule has 1 unspecified atom stereocenters. The van der Waals surface area contributed by atoms with Gasteiger partial charge in [0.2, 0.25) is 5.82 Å². The molecule has 0 saturated heterocycles. The molecule has 0 aliphatic carbocycles. The summed E-state index contributed by atoms with van der Waals surface area (Å²) in [5.41, 5.74) is 2.32. The first-order valence-electron chi connectivity index (χ1n) is 2.20. The van der Waals surface area contributed by atoms with Crippen molar-refractivity contribution in [3.05, 3.63) is 18.1 Å². The predicted molar refractivity (Wildman–Crippen MR) is 36.1 cm³/mol. The average Bonchev–Trinajstić information content (AvgIpc) is 1.85. The lowest BCUT2D eigenvalue weighted by Crippen LogP contribution is -1.75. The van der Waals surface area contributed by atoms with Crippen molar-refractivity contribution in [2.45, 2.75) is 0 Å². The predicted octanol–water partition coefficient (Wildman–Crippen LogP) is 1.68. The zero-order chi connectivity index (χ0) is 7.11. The molecular weight excluding hydrogens is 135 g/mol. The van der Waals surface area contributed by atoms with Crippen LogP contribution in [0.4, 0.5) is 0 Å². The summed E-state index contributed by atoms with van der Waals surface area (Å²) >= 11 is 0. The molecule has 0 amide bonds. The standard InChI is InChI=1S/C6H6O2P/c1-3-5-8-9(7)6-4-2/h1,6H,2,5H2/q+1. The summed E-state index contributed by atoms with van der Waals surface area (Å²) in [4.78, 5) is 0. The van der Waals surface area contributed by atoms with Crippen molar-refractivity contribution in [2.75, 3.05) is 6.61 Å². The first-order chi connectivity index (χ1) is 4.31. The molecule has 46 valence electrons. The van der Waals surface area contributed by atoms with Crippen LogP contribution in [-0.2, 0) is 9.09 Å². The Balaban J connectivity index is 3.54. The largest absolute Gasteiger partial charge is 0.550 e. The van der Waals surface area contributed by atoms with Crippen molar-refractivity contribution in [3.63, 3.8) is 0 Å². The Morgan fingerprint density at radius 3 is 3.00 bits per heavy atom. The Bertz CT molecular complexity index is 184. The molecule has 0 N–H and O–H groups in total. The molecule has 0 fully saturated rings. The van der Waals surface area contributed by atoms with E-state index in [1.807, 2.05) is 0 Å².